The number of rotatable bonds is 2. The van der Waals surface area contributed by atoms with E-state index >= 15 is 0 Å². The van der Waals surface area contributed by atoms with Gasteiger partial charge in [-0.25, -0.2) is 0 Å². The Morgan fingerprint density at radius 3 is 2.44 bits per heavy atom. The Bertz CT molecular complexity index is 561. The van der Waals surface area contributed by atoms with Crippen molar-refractivity contribution in [1.29, 1.82) is 0 Å². The van der Waals surface area contributed by atoms with Gasteiger partial charge in [0, 0.05) is 6.42 Å². The van der Waals surface area contributed by atoms with Crippen LogP contribution in [0.2, 0.25) is 0 Å². The van der Waals surface area contributed by atoms with Gasteiger partial charge in [-0.1, -0.05) is 35.5 Å². The summed E-state index contributed by atoms with van der Waals surface area (Å²) in [5.74, 6) is 0.262. The number of hydrogen-bond donors (Lipinski definition) is 1. The van der Waals surface area contributed by atoms with E-state index in [1.165, 1.54) is 0 Å². The molecule has 1 N–H and O–H groups in total. The largest absolute Gasteiger partial charge is 0.508 e. The molecule has 3 heteroatoms. The van der Waals surface area contributed by atoms with E-state index in [4.69, 9.17) is 4.84 Å². The summed E-state index contributed by atoms with van der Waals surface area (Å²) in [6.07, 6.45) is 0.754. The number of benzene rings is 2. The number of oxime groups is 1. The molecule has 0 bridgehead atoms. The van der Waals surface area contributed by atoms with Crippen LogP contribution in [0.1, 0.15) is 23.7 Å². The van der Waals surface area contributed by atoms with Crippen molar-refractivity contribution in [2.45, 2.75) is 12.5 Å². The fraction of sp³-hybridized carbons (Fsp3) is 0.133. The first-order valence-corrected chi connectivity index (χ1v) is 5.90. The molecule has 3 rings (SSSR count). The van der Waals surface area contributed by atoms with E-state index < -0.39 is 0 Å². The molecule has 90 valence electrons. The summed E-state index contributed by atoms with van der Waals surface area (Å²) in [5, 5.41) is 13.4. The molecule has 0 fully saturated rings. The topological polar surface area (TPSA) is 41.8 Å². The Hall–Kier alpha value is -2.29. The highest BCUT2D eigenvalue weighted by Gasteiger charge is 2.23. The van der Waals surface area contributed by atoms with Crippen LogP contribution in [0.15, 0.2) is 59.8 Å². The summed E-state index contributed by atoms with van der Waals surface area (Å²) in [6, 6.07) is 17.1. The number of phenols is 1. The van der Waals surface area contributed by atoms with Gasteiger partial charge in [0.1, 0.15) is 5.75 Å². The second-order valence-electron chi connectivity index (χ2n) is 4.29. The summed E-state index contributed by atoms with van der Waals surface area (Å²) < 4.78 is 0. The lowest BCUT2D eigenvalue weighted by atomic mass is 10.0. The maximum Gasteiger partial charge on any atom is 0.158 e. The molecule has 0 aromatic heterocycles. The van der Waals surface area contributed by atoms with Crippen molar-refractivity contribution in [2.24, 2.45) is 5.16 Å². The summed E-state index contributed by atoms with van der Waals surface area (Å²) in [5.41, 5.74) is 3.05. The smallest absolute Gasteiger partial charge is 0.158 e. The van der Waals surface area contributed by atoms with Crippen LogP contribution < -0.4 is 0 Å². The zero-order valence-corrected chi connectivity index (χ0v) is 9.78. The van der Waals surface area contributed by atoms with E-state index in [1.54, 1.807) is 12.1 Å². The highest BCUT2D eigenvalue weighted by molar-refractivity contribution is 6.01. The molecule has 3 nitrogen and oxygen atoms in total. The third-order valence-corrected chi connectivity index (χ3v) is 3.04. The number of phenolic OH excluding ortho intramolecular Hbond substituents is 1. The molecule has 1 unspecified atom stereocenters. The molecule has 18 heavy (non-hydrogen) atoms. The Balaban J connectivity index is 1.77. The van der Waals surface area contributed by atoms with Crippen molar-refractivity contribution in [3.05, 3.63) is 65.7 Å². The first kappa shape index (κ1) is 10.8. The average Bonchev–Trinajstić information content (AvgIpc) is 2.90. The lowest BCUT2D eigenvalue weighted by Gasteiger charge is -2.07. The van der Waals surface area contributed by atoms with E-state index in [0.29, 0.717) is 0 Å². The first-order chi connectivity index (χ1) is 8.83. The van der Waals surface area contributed by atoms with Gasteiger partial charge < -0.3 is 9.94 Å². The first-order valence-electron chi connectivity index (χ1n) is 5.90. The quantitative estimate of drug-likeness (QED) is 0.874. The SMILES string of the molecule is Oc1ccc(C2=NOC(c3ccccc3)C2)cc1. The summed E-state index contributed by atoms with van der Waals surface area (Å²) >= 11 is 0. The van der Waals surface area contributed by atoms with Gasteiger partial charge in [0.2, 0.25) is 0 Å². The second-order valence-corrected chi connectivity index (χ2v) is 4.29. The normalized spacial score (nSPS) is 18.2. The lowest BCUT2D eigenvalue weighted by Crippen LogP contribution is -2.01. The molecule has 0 amide bonds. The molecular formula is C15H13NO2. The van der Waals surface area contributed by atoms with Crippen LogP contribution in [0.25, 0.3) is 0 Å². The second kappa shape index (κ2) is 4.53. The lowest BCUT2D eigenvalue weighted by molar-refractivity contribution is 0.0857. The minimum Gasteiger partial charge on any atom is -0.508 e. The molecule has 0 saturated heterocycles. The zero-order valence-electron chi connectivity index (χ0n) is 9.78. The molecular weight excluding hydrogens is 226 g/mol. The highest BCUT2D eigenvalue weighted by Crippen LogP contribution is 2.29. The summed E-state index contributed by atoms with van der Waals surface area (Å²) in [4.78, 5) is 5.46. The molecule has 1 atom stereocenters. The van der Waals surface area contributed by atoms with Gasteiger partial charge in [-0.15, -0.1) is 0 Å². The van der Waals surface area contributed by atoms with Gasteiger partial charge in [0.05, 0.1) is 5.71 Å². The Labute approximate surface area is 105 Å². The van der Waals surface area contributed by atoms with Gasteiger partial charge in [-0.2, -0.15) is 0 Å². The maximum absolute atomic E-state index is 9.26. The Morgan fingerprint density at radius 1 is 1.00 bits per heavy atom. The number of nitrogens with zero attached hydrogens (tertiary/aromatic N) is 1. The van der Waals surface area contributed by atoms with Gasteiger partial charge >= 0.3 is 0 Å². The Kier molecular flexibility index (Phi) is 2.73. The van der Waals surface area contributed by atoms with Crippen molar-refractivity contribution in [3.8, 4) is 5.75 Å². The van der Waals surface area contributed by atoms with E-state index in [9.17, 15) is 5.11 Å². The molecule has 1 aliphatic rings. The maximum atomic E-state index is 9.26. The van der Waals surface area contributed by atoms with E-state index in [-0.39, 0.29) is 11.9 Å². The third-order valence-electron chi connectivity index (χ3n) is 3.04. The average molecular weight is 239 g/mol. The van der Waals surface area contributed by atoms with E-state index in [2.05, 4.69) is 5.16 Å². The van der Waals surface area contributed by atoms with Crippen LogP contribution in [0.3, 0.4) is 0 Å². The minimum atomic E-state index is -0.00463. The number of aromatic hydroxyl groups is 1. The predicted molar refractivity (Wildman–Crippen MR) is 69.5 cm³/mol. The molecule has 2 aromatic carbocycles. The van der Waals surface area contributed by atoms with Crippen LogP contribution in [0, 0.1) is 0 Å². The molecule has 2 aromatic rings. The van der Waals surface area contributed by atoms with Gasteiger partial charge in [0.15, 0.2) is 6.10 Å². The fourth-order valence-corrected chi connectivity index (χ4v) is 2.05. The summed E-state index contributed by atoms with van der Waals surface area (Å²) in [7, 11) is 0. The molecule has 1 heterocycles. The van der Waals surface area contributed by atoms with Crippen molar-refractivity contribution >= 4 is 5.71 Å². The molecule has 0 aliphatic carbocycles. The van der Waals surface area contributed by atoms with Crippen molar-refractivity contribution in [3.63, 3.8) is 0 Å². The predicted octanol–water partition coefficient (Wildman–Crippen LogP) is 3.26. The molecule has 0 spiro atoms. The molecule has 1 aliphatic heterocycles. The van der Waals surface area contributed by atoms with Crippen LogP contribution >= 0.6 is 0 Å². The van der Waals surface area contributed by atoms with Gasteiger partial charge in [0.25, 0.3) is 0 Å². The van der Waals surface area contributed by atoms with Gasteiger partial charge in [-0.05, 0) is 35.4 Å². The fourth-order valence-electron chi connectivity index (χ4n) is 2.05. The van der Waals surface area contributed by atoms with Crippen LogP contribution in [0.5, 0.6) is 5.75 Å². The standard InChI is InChI=1S/C15H13NO2/c17-13-8-6-11(7-9-13)14-10-15(18-16-14)12-4-2-1-3-5-12/h1-9,15,17H,10H2. The van der Waals surface area contributed by atoms with Crippen molar-refractivity contribution in [2.75, 3.05) is 0 Å². The van der Waals surface area contributed by atoms with E-state index in [1.807, 2.05) is 42.5 Å². The third kappa shape index (κ3) is 2.07. The Morgan fingerprint density at radius 2 is 1.72 bits per heavy atom. The summed E-state index contributed by atoms with van der Waals surface area (Å²) in [6.45, 7) is 0. The molecule has 0 radical (unpaired) electrons. The zero-order chi connectivity index (χ0) is 12.4. The number of hydrogen-bond acceptors (Lipinski definition) is 3. The minimum absolute atomic E-state index is 0.00463. The van der Waals surface area contributed by atoms with Crippen LogP contribution in [0.4, 0.5) is 0 Å². The monoisotopic (exact) mass is 239 g/mol. The molecule has 0 saturated carbocycles. The van der Waals surface area contributed by atoms with Crippen molar-refractivity contribution < 1.29 is 9.94 Å². The highest BCUT2D eigenvalue weighted by atomic mass is 16.6. The van der Waals surface area contributed by atoms with Crippen LogP contribution in [-0.2, 0) is 4.84 Å². The van der Waals surface area contributed by atoms with Gasteiger partial charge in [-0.3, -0.25) is 0 Å². The van der Waals surface area contributed by atoms with Crippen molar-refractivity contribution in [1.82, 2.24) is 0 Å². The van der Waals surface area contributed by atoms with Crippen LogP contribution in [-0.4, -0.2) is 10.8 Å². The van der Waals surface area contributed by atoms with E-state index in [0.717, 1.165) is 23.3 Å².